The van der Waals surface area contributed by atoms with Gasteiger partial charge in [0, 0.05) is 18.2 Å². The standard InChI is InChI=1S/C9H11Cl.C4H9NO2.C2H6O2/c1-2-5-8-6-3-4-7-9(8)10;1-3(2)5-4(6)7;1-4-2-3/h3-4,6-7H,2,5H2,1H3;3,5H,1-2H3,(H,6,7);3H,2H2,1H3. The fourth-order valence-corrected chi connectivity index (χ4v) is 1.45. The lowest BCUT2D eigenvalue weighted by atomic mass is 10.1. The molecule has 21 heavy (non-hydrogen) atoms. The molecular weight excluding hydrogens is 294 g/mol. The van der Waals surface area contributed by atoms with Crippen molar-refractivity contribution >= 4 is 17.7 Å². The van der Waals surface area contributed by atoms with Crippen molar-refractivity contribution in [2.75, 3.05) is 13.9 Å². The number of halogens is 1. The first kappa shape index (κ1) is 22.0. The summed E-state index contributed by atoms with van der Waals surface area (Å²) in [5.41, 5.74) is 1.26. The number of methoxy groups -OCH3 is 1. The molecule has 0 fully saturated rings. The van der Waals surface area contributed by atoms with Crippen LogP contribution in [-0.2, 0) is 11.2 Å². The summed E-state index contributed by atoms with van der Waals surface area (Å²) >= 11 is 5.90. The molecule has 5 nitrogen and oxygen atoms in total. The third kappa shape index (κ3) is 16.6. The van der Waals surface area contributed by atoms with E-state index >= 15 is 0 Å². The summed E-state index contributed by atoms with van der Waals surface area (Å²) < 4.78 is 4.10. The zero-order valence-electron chi connectivity index (χ0n) is 13.1. The maximum Gasteiger partial charge on any atom is 0.404 e. The molecule has 0 radical (unpaired) electrons. The van der Waals surface area contributed by atoms with Crippen molar-refractivity contribution in [3.8, 4) is 0 Å². The normalized spacial score (nSPS) is 9.10. The molecule has 0 aliphatic carbocycles. The van der Waals surface area contributed by atoms with Crippen molar-refractivity contribution in [2.45, 2.75) is 39.7 Å². The predicted octanol–water partition coefficient (Wildman–Crippen LogP) is 3.54. The number of ether oxygens (including phenoxy) is 1. The van der Waals surface area contributed by atoms with Crippen LogP contribution in [0.1, 0.15) is 32.8 Å². The first-order valence-corrected chi connectivity index (χ1v) is 7.09. The highest BCUT2D eigenvalue weighted by Crippen LogP contribution is 2.15. The third-order valence-electron chi connectivity index (χ3n) is 2.02. The molecule has 0 heterocycles. The average molecular weight is 320 g/mol. The van der Waals surface area contributed by atoms with Crippen LogP contribution in [-0.4, -0.2) is 36.3 Å². The van der Waals surface area contributed by atoms with E-state index in [1.165, 1.54) is 12.7 Å². The first-order chi connectivity index (χ1) is 9.88. The molecule has 0 atom stereocenters. The van der Waals surface area contributed by atoms with Crippen LogP contribution < -0.4 is 5.32 Å². The summed E-state index contributed by atoms with van der Waals surface area (Å²) in [6.07, 6.45) is 1.28. The van der Waals surface area contributed by atoms with Crippen LogP contribution in [0.2, 0.25) is 5.02 Å². The lowest BCUT2D eigenvalue weighted by molar-refractivity contribution is 0.0325. The molecule has 0 aromatic heterocycles. The Morgan fingerprint density at radius 1 is 1.38 bits per heavy atom. The number of carboxylic acid groups (broad SMARTS) is 1. The van der Waals surface area contributed by atoms with E-state index in [4.69, 9.17) is 21.8 Å². The molecule has 0 spiro atoms. The number of hydrogen-bond donors (Lipinski definition) is 3. The molecule has 1 amide bonds. The molecule has 1 aromatic rings. The lowest BCUT2D eigenvalue weighted by Gasteiger charge is -2.00. The summed E-state index contributed by atoms with van der Waals surface area (Å²) in [4.78, 5) is 9.70. The number of aliphatic hydroxyl groups is 1. The maximum atomic E-state index is 9.70. The molecule has 0 unspecified atom stereocenters. The second-order valence-corrected chi connectivity index (χ2v) is 4.77. The van der Waals surface area contributed by atoms with E-state index in [1.807, 2.05) is 18.2 Å². The highest BCUT2D eigenvalue weighted by molar-refractivity contribution is 6.31. The van der Waals surface area contributed by atoms with E-state index in [0.29, 0.717) is 0 Å². The van der Waals surface area contributed by atoms with Gasteiger partial charge in [-0.1, -0.05) is 43.1 Å². The Kier molecular flexibility index (Phi) is 15.8. The largest absolute Gasteiger partial charge is 0.465 e. The van der Waals surface area contributed by atoms with Crippen molar-refractivity contribution in [1.82, 2.24) is 5.32 Å². The number of amides is 1. The molecular formula is C15H26ClNO4. The predicted molar refractivity (Wildman–Crippen MR) is 85.8 cm³/mol. The molecule has 0 saturated carbocycles. The van der Waals surface area contributed by atoms with Gasteiger partial charge in [0.05, 0.1) is 0 Å². The van der Waals surface area contributed by atoms with Crippen LogP contribution in [0.15, 0.2) is 24.3 Å². The summed E-state index contributed by atoms with van der Waals surface area (Å²) in [6.45, 7) is 5.52. The fourth-order valence-electron chi connectivity index (χ4n) is 1.22. The molecule has 0 saturated heterocycles. The lowest BCUT2D eigenvalue weighted by Crippen LogP contribution is -2.27. The van der Waals surface area contributed by atoms with Crippen LogP contribution in [0, 0.1) is 0 Å². The number of carbonyl (C=O) groups is 1. The van der Waals surface area contributed by atoms with Crippen LogP contribution in [0.4, 0.5) is 4.79 Å². The molecule has 6 heteroatoms. The summed E-state index contributed by atoms with van der Waals surface area (Å²) in [7, 11) is 1.43. The molecule has 0 aliphatic rings. The zero-order chi connectivity index (χ0) is 16.7. The topological polar surface area (TPSA) is 78.8 Å². The minimum Gasteiger partial charge on any atom is -0.465 e. The molecule has 1 rings (SSSR count). The van der Waals surface area contributed by atoms with Gasteiger partial charge < -0.3 is 20.3 Å². The van der Waals surface area contributed by atoms with E-state index in [2.05, 4.69) is 23.0 Å². The molecule has 122 valence electrons. The van der Waals surface area contributed by atoms with E-state index in [-0.39, 0.29) is 12.8 Å². The minimum absolute atomic E-state index is 0.0255. The van der Waals surface area contributed by atoms with Gasteiger partial charge >= 0.3 is 6.09 Å². The van der Waals surface area contributed by atoms with E-state index in [1.54, 1.807) is 13.8 Å². The number of aryl methyl sites for hydroxylation is 1. The van der Waals surface area contributed by atoms with Crippen molar-refractivity contribution in [3.05, 3.63) is 34.9 Å². The maximum absolute atomic E-state index is 9.70. The Hall–Kier alpha value is -1.30. The Morgan fingerprint density at radius 2 is 1.90 bits per heavy atom. The quantitative estimate of drug-likeness (QED) is 0.742. The van der Waals surface area contributed by atoms with Crippen LogP contribution >= 0.6 is 11.6 Å². The number of benzene rings is 1. The van der Waals surface area contributed by atoms with Gasteiger partial charge in [0.25, 0.3) is 0 Å². The van der Waals surface area contributed by atoms with Gasteiger partial charge in [-0.2, -0.15) is 0 Å². The monoisotopic (exact) mass is 319 g/mol. The molecule has 3 N–H and O–H groups in total. The Balaban J connectivity index is 0. The first-order valence-electron chi connectivity index (χ1n) is 6.71. The fraction of sp³-hybridized carbons (Fsp3) is 0.533. The third-order valence-corrected chi connectivity index (χ3v) is 2.39. The smallest absolute Gasteiger partial charge is 0.404 e. The van der Waals surface area contributed by atoms with Gasteiger partial charge in [0.1, 0.15) is 6.79 Å². The molecule has 1 aromatic carbocycles. The SMILES string of the molecule is CC(C)NC(=O)O.CCCc1ccccc1Cl.COCO. The van der Waals surface area contributed by atoms with Crippen molar-refractivity contribution in [3.63, 3.8) is 0 Å². The van der Waals surface area contributed by atoms with Crippen molar-refractivity contribution < 1.29 is 19.7 Å². The molecule has 0 bridgehead atoms. The van der Waals surface area contributed by atoms with Crippen LogP contribution in [0.3, 0.4) is 0 Å². The van der Waals surface area contributed by atoms with Crippen molar-refractivity contribution in [1.29, 1.82) is 0 Å². The second-order valence-electron chi connectivity index (χ2n) is 4.36. The number of hydrogen-bond acceptors (Lipinski definition) is 3. The van der Waals surface area contributed by atoms with Gasteiger partial charge in [-0.3, -0.25) is 0 Å². The Labute approximate surface area is 131 Å². The summed E-state index contributed by atoms with van der Waals surface area (Å²) in [5.74, 6) is 0. The molecule has 0 aliphatic heterocycles. The number of nitrogens with one attached hydrogen (secondary N) is 1. The minimum atomic E-state index is -0.963. The van der Waals surface area contributed by atoms with Gasteiger partial charge in [-0.05, 0) is 31.9 Å². The van der Waals surface area contributed by atoms with Crippen LogP contribution in [0.5, 0.6) is 0 Å². The number of rotatable bonds is 4. The Bertz CT molecular complexity index is 370. The van der Waals surface area contributed by atoms with E-state index < -0.39 is 6.09 Å². The zero-order valence-corrected chi connectivity index (χ0v) is 13.9. The number of aliphatic hydroxyl groups excluding tert-OH is 1. The van der Waals surface area contributed by atoms with Gasteiger partial charge in [-0.15, -0.1) is 0 Å². The second kappa shape index (κ2) is 15.1. The van der Waals surface area contributed by atoms with Gasteiger partial charge in [-0.25, -0.2) is 4.79 Å². The van der Waals surface area contributed by atoms with Gasteiger partial charge in [0.2, 0.25) is 0 Å². The summed E-state index contributed by atoms with van der Waals surface area (Å²) in [5, 5.41) is 18.7. The van der Waals surface area contributed by atoms with Gasteiger partial charge in [0.15, 0.2) is 0 Å². The van der Waals surface area contributed by atoms with E-state index in [0.717, 1.165) is 17.9 Å². The average Bonchev–Trinajstić information content (AvgIpc) is 2.41. The highest BCUT2D eigenvalue weighted by atomic mass is 35.5. The Morgan fingerprint density at radius 3 is 2.19 bits per heavy atom. The highest BCUT2D eigenvalue weighted by Gasteiger charge is 1.95. The van der Waals surface area contributed by atoms with Crippen molar-refractivity contribution in [2.24, 2.45) is 0 Å². The summed E-state index contributed by atoms with van der Waals surface area (Å²) in [6, 6.07) is 8.02. The van der Waals surface area contributed by atoms with Crippen LogP contribution in [0.25, 0.3) is 0 Å². The van der Waals surface area contributed by atoms with E-state index in [9.17, 15) is 4.79 Å².